The average molecular weight is 268 g/mol. The Bertz CT molecular complexity index is 463. The van der Waals surface area contributed by atoms with Crippen molar-refractivity contribution in [2.75, 3.05) is 11.9 Å². The molecule has 1 aromatic carbocycles. The lowest BCUT2D eigenvalue weighted by molar-refractivity contribution is -0.137. The van der Waals surface area contributed by atoms with Crippen molar-refractivity contribution in [1.29, 1.82) is 0 Å². The summed E-state index contributed by atoms with van der Waals surface area (Å²) in [6, 6.07) is 3.81. The fourth-order valence-corrected chi connectivity index (χ4v) is 1.68. The first kappa shape index (κ1) is 14.9. The number of anilines is 1. The van der Waals surface area contributed by atoms with E-state index in [9.17, 15) is 14.0 Å². The molecule has 1 amide bonds. The van der Waals surface area contributed by atoms with Crippen LogP contribution in [0.3, 0.4) is 0 Å². The summed E-state index contributed by atoms with van der Waals surface area (Å²) >= 11 is 0. The zero-order chi connectivity index (χ0) is 14.3. The van der Waals surface area contributed by atoms with E-state index < -0.39 is 17.7 Å². The highest BCUT2D eigenvalue weighted by atomic mass is 19.1. The fraction of sp³-hybridized carbons (Fsp3) is 0.385. The third-order valence-corrected chi connectivity index (χ3v) is 2.63. The Morgan fingerprint density at radius 3 is 2.63 bits per heavy atom. The molecule has 0 bridgehead atoms. The predicted molar refractivity (Wildman–Crippen MR) is 69.5 cm³/mol. The average Bonchev–Trinajstić information content (AvgIpc) is 2.34. The summed E-state index contributed by atoms with van der Waals surface area (Å²) in [5.41, 5.74) is 5.77. The van der Waals surface area contributed by atoms with Gasteiger partial charge in [0.25, 0.3) is 5.91 Å². The largest absolute Gasteiger partial charge is 0.481 e. The second-order valence-electron chi connectivity index (χ2n) is 4.19. The summed E-state index contributed by atoms with van der Waals surface area (Å²) in [6.45, 7) is 0.575. The van der Waals surface area contributed by atoms with Gasteiger partial charge in [-0.05, 0) is 31.0 Å². The second kappa shape index (κ2) is 7.35. The van der Waals surface area contributed by atoms with E-state index in [2.05, 4.69) is 5.32 Å². The highest BCUT2D eigenvalue weighted by Gasteiger charge is 2.08. The molecule has 0 radical (unpaired) electrons. The van der Waals surface area contributed by atoms with Crippen molar-refractivity contribution < 1.29 is 19.1 Å². The molecule has 0 aliphatic rings. The SMILES string of the molecule is NC(=O)c1cc(F)ccc1NCCCCCC(=O)O. The van der Waals surface area contributed by atoms with E-state index in [4.69, 9.17) is 10.8 Å². The smallest absolute Gasteiger partial charge is 0.303 e. The Kier molecular flexibility index (Phi) is 5.78. The van der Waals surface area contributed by atoms with E-state index in [-0.39, 0.29) is 12.0 Å². The minimum atomic E-state index is -0.803. The molecule has 19 heavy (non-hydrogen) atoms. The molecule has 0 saturated carbocycles. The Labute approximate surface area is 110 Å². The molecule has 0 aliphatic heterocycles. The summed E-state index contributed by atoms with van der Waals surface area (Å²) < 4.78 is 13.0. The maximum atomic E-state index is 13.0. The van der Waals surface area contributed by atoms with Gasteiger partial charge in [0, 0.05) is 18.7 Å². The van der Waals surface area contributed by atoms with E-state index in [1.165, 1.54) is 12.1 Å². The number of rotatable bonds is 8. The summed E-state index contributed by atoms with van der Waals surface area (Å²) in [7, 11) is 0. The topological polar surface area (TPSA) is 92.4 Å². The van der Waals surface area contributed by atoms with E-state index >= 15 is 0 Å². The lowest BCUT2D eigenvalue weighted by Crippen LogP contribution is -2.15. The Morgan fingerprint density at radius 2 is 2.00 bits per heavy atom. The Balaban J connectivity index is 2.41. The van der Waals surface area contributed by atoms with E-state index in [1.54, 1.807) is 0 Å². The number of nitrogens with two attached hydrogens (primary N) is 1. The monoisotopic (exact) mass is 268 g/mol. The van der Waals surface area contributed by atoms with Gasteiger partial charge in [-0.3, -0.25) is 9.59 Å². The number of primary amides is 1. The molecule has 104 valence electrons. The van der Waals surface area contributed by atoms with Gasteiger partial charge in [0.1, 0.15) is 5.82 Å². The van der Waals surface area contributed by atoms with Crippen molar-refractivity contribution in [2.45, 2.75) is 25.7 Å². The molecule has 0 aromatic heterocycles. The molecule has 0 atom stereocenters. The third kappa shape index (κ3) is 5.37. The molecule has 0 heterocycles. The highest BCUT2D eigenvalue weighted by Crippen LogP contribution is 2.16. The van der Waals surface area contributed by atoms with Crippen molar-refractivity contribution in [3.63, 3.8) is 0 Å². The van der Waals surface area contributed by atoms with Crippen molar-refractivity contribution in [3.05, 3.63) is 29.6 Å². The molecule has 1 aromatic rings. The highest BCUT2D eigenvalue weighted by molar-refractivity contribution is 5.98. The van der Waals surface area contributed by atoms with Crippen LogP contribution in [-0.2, 0) is 4.79 Å². The van der Waals surface area contributed by atoms with Gasteiger partial charge in [-0.2, -0.15) is 0 Å². The summed E-state index contributed by atoms with van der Waals surface area (Å²) in [4.78, 5) is 21.4. The summed E-state index contributed by atoms with van der Waals surface area (Å²) in [6.07, 6.45) is 2.31. The number of aliphatic carboxylic acids is 1. The number of hydrogen-bond acceptors (Lipinski definition) is 3. The first-order chi connectivity index (χ1) is 9.00. The first-order valence-electron chi connectivity index (χ1n) is 6.05. The maximum Gasteiger partial charge on any atom is 0.303 e. The van der Waals surface area contributed by atoms with Crippen LogP contribution in [0.1, 0.15) is 36.0 Å². The Morgan fingerprint density at radius 1 is 1.26 bits per heavy atom. The van der Waals surface area contributed by atoms with Crippen LogP contribution >= 0.6 is 0 Å². The number of carbonyl (C=O) groups excluding carboxylic acids is 1. The second-order valence-corrected chi connectivity index (χ2v) is 4.19. The van der Waals surface area contributed by atoms with Crippen LogP contribution in [0.25, 0.3) is 0 Å². The molecule has 5 nitrogen and oxygen atoms in total. The fourth-order valence-electron chi connectivity index (χ4n) is 1.68. The van der Waals surface area contributed by atoms with Crippen LogP contribution in [0.2, 0.25) is 0 Å². The van der Waals surface area contributed by atoms with Crippen molar-refractivity contribution in [2.24, 2.45) is 5.73 Å². The van der Waals surface area contributed by atoms with Crippen LogP contribution in [0, 0.1) is 5.82 Å². The van der Waals surface area contributed by atoms with Crippen molar-refractivity contribution in [1.82, 2.24) is 0 Å². The lowest BCUT2D eigenvalue weighted by atomic mass is 10.1. The van der Waals surface area contributed by atoms with E-state index in [0.717, 1.165) is 18.9 Å². The van der Waals surface area contributed by atoms with Gasteiger partial charge >= 0.3 is 5.97 Å². The number of nitrogens with one attached hydrogen (secondary N) is 1. The minimum absolute atomic E-state index is 0.116. The maximum absolute atomic E-state index is 13.0. The number of unbranched alkanes of at least 4 members (excludes halogenated alkanes) is 2. The van der Waals surface area contributed by atoms with Crippen molar-refractivity contribution in [3.8, 4) is 0 Å². The number of hydrogen-bond donors (Lipinski definition) is 3. The minimum Gasteiger partial charge on any atom is -0.481 e. The predicted octanol–water partition coefficient (Wildman–Crippen LogP) is 1.98. The van der Waals surface area contributed by atoms with Crippen molar-refractivity contribution >= 4 is 17.6 Å². The Hall–Kier alpha value is -2.11. The molecular formula is C13H17FN2O3. The number of benzene rings is 1. The number of amides is 1. The van der Waals surface area contributed by atoms with Gasteiger partial charge < -0.3 is 16.2 Å². The molecule has 0 fully saturated rings. The van der Waals surface area contributed by atoms with Gasteiger partial charge in [-0.1, -0.05) is 6.42 Å². The summed E-state index contributed by atoms with van der Waals surface area (Å²) in [5.74, 6) is -2.00. The zero-order valence-electron chi connectivity index (χ0n) is 10.5. The molecule has 6 heteroatoms. The summed E-state index contributed by atoms with van der Waals surface area (Å²) in [5, 5.41) is 11.5. The first-order valence-corrected chi connectivity index (χ1v) is 6.05. The van der Waals surface area contributed by atoms with Gasteiger partial charge in [0.2, 0.25) is 0 Å². The standard InChI is InChI=1S/C13H17FN2O3/c14-9-5-6-11(10(8-9)13(15)19)16-7-3-1-2-4-12(17)18/h5-6,8,16H,1-4,7H2,(H2,15,19)(H,17,18). The van der Waals surface area contributed by atoms with Gasteiger partial charge in [0.05, 0.1) is 5.56 Å². The molecular weight excluding hydrogens is 251 g/mol. The number of carbonyl (C=O) groups is 2. The lowest BCUT2D eigenvalue weighted by Gasteiger charge is -2.09. The molecule has 4 N–H and O–H groups in total. The third-order valence-electron chi connectivity index (χ3n) is 2.63. The van der Waals surface area contributed by atoms with E-state index in [1.807, 2.05) is 0 Å². The van der Waals surface area contributed by atoms with Crippen LogP contribution in [0.15, 0.2) is 18.2 Å². The zero-order valence-corrected chi connectivity index (χ0v) is 10.5. The van der Waals surface area contributed by atoms with Gasteiger partial charge in [-0.25, -0.2) is 4.39 Å². The van der Waals surface area contributed by atoms with Crippen LogP contribution in [0.5, 0.6) is 0 Å². The molecule has 0 saturated heterocycles. The molecule has 0 unspecified atom stereocenters. The molecule has 0 spiro atoms. The van der Waals surface area contributed by atoms with Gasteiger partial charge in [-0.15, -0.1) is 0 Å². The van der Waals surface area contributed by atoms with E-state index in [0.29, 0.717) is 18.7 Å². The molecule has 0 aliphatic carbocycles. The number of halogens is 1. The quantitative estimate of drug-likeness (QED) is 0.628. The van der Waals surface area contributed by atoms with Crippen LogP contribution in [-0.4, -0.2) is 23.5 Å². The normalized spacial score (nSPS) is 10.2. The van der Waals surface area contributed by atoms with Crippen LogP contribution < -0.4 is 11.1 Å². The number of carboxylic acid groups (broad SMARTS) is 1. The number of carboxylic acids is 1. The van der Waals surface area contributed by atoms with Gasteiger partial charge in [0.15, 0.2) is 0 Å². The molecule has 1 rings (SSSR count). The van der Waals surface area contributed by atoms with Crippen LogP contribution in [0.4, 0.5) is 10.1 Å².